The molecule has 0 bridgehead atoms. The molecule has 0 N–H and O–H groups in total. The van der Waals surface area contributed by atoms with Crippen LogP contribution in [0.25, 0.3) is 5.65 Å². The fourth-order valence-electron chi connectivity index (χ4n) is 2.48. The average Bonchev–Trinajstić information content (AvgIpc) is 2.72. The number of pyridine rings is 1. The molecule has 0 radical (unpaired) electrons. The van der Waals surface area contributed by atoms with E-state index in [0.29, 0.717) is 5.92 Å². The van der Waals surface area contributed by atoms with Crippen LogP contribution in [-0.4, -0.2) is 34.4 Å². The predicted molar refractivity (Wildman–Crippen MR) is 69.7 cm³/mol. The normalized spacial score (nSPS) is 18.9. The lowest BCUT2D eigenvalue weighted by Crippen LogP contribution is -2.29. The molecule has 0 aliphatic carbocycles. The molecule has 4 heteroatoms. The molecule has 0 saturated carbocycles. The minimum Gasteiger partial charge on any atom is -0.307 e. The van der Waals surface area contributed by atoms with Crippen LogP contribution in [0.2, 0.25) is 5.02 Å². The maximum absolute atomic E-state index is 5.97. The van der Waals surface area contributed by atoms with Crippen LogP contribution in [0.3, 0.4) is 0 Å². The molecular formula is C13H16ClN3. The summed E-state index contributed by atoms with van der Waals surface area (Å²) in [6.45, 7) is 2.33. The average molecular weight is 250 g/mol. The van der Waals surface area contributed by atoms with Crippen LogP contribution in [0.15, 0.2) is 24.5 Å². The summed E-state index contributed by atoms with van der Waals surface area (Å²) in [4.78, 5) is 7.06. The SMILES string of the molecule is CN1CCC(c2cn3ccc(Cl)cc3n2)CC1. The third-order valence-corrected chi connectivity index (χ3v) is 3.81. The van der Waals surface area contributed by atoms with E-state index in [1.165, 1.54) is 31.6 Å². The molecule has 1 fully saturated rings. The topological polar surface area (TPSA) is 20.5 Å². The summed E-state index contributed by atoms with van der Waals surface area (Å²) >= 11 is 5.97. The highest BCUT2D eigenvalue weighted by Crippen LogP contribution is 2.27. The van der Waals surface area contributed by atoms with Crippen molar-refractivity contribution in [2.24, 2.45) is 0 Å². The van der Waals surface area contributed by atoms with E-state index in [1.807, 2.05) is 18.3 Å². The van der Waals surface area contributed by atoms with Crippen molar-refractivity contribution in [1.82, 2.24) is 14.3 Å². The molecule has 0 unspecified atom stereocenters. The molecule has 2 aromatic heterocycles. The Morgan fingerprint density at radius 3 is 2.88 bits per heavy atom. The van der Waals surface area contributed by atoms with E-state index < -0.39 is 0 Å². The first-order chi connectivity index (χ1) is 8.22. The number of likely N-dealkylation sites (tertiary alicyclic amines) is 1. The van der Waals surface area contributed by atoms with E-state index in [9.17, 15) is 0 Å². The first-order valence-corrected chi connectivity index (χ1v) is 6.43. The molecule has 3 nitrogen and oxygen atoms in total. The summed E-state index contributed by atoms with van der Waals surface area (Å²) in [6.07, 6.45) is 6.52. The van der Waals surface area contributed by atoms with Crippen LogP contribution in [0.4, 0.5) is 0 Å². The van der Waals surface area contributed by atoms with Crippen LogP contribution in [-0.2, 0) is 0 Å². The minimum atomic E-state index is 0.602. The summed E-state index contributed by atoms with van der Waals surface area (Å²) in [7, 11) is 2.18. The van der Waals surface area contributed by atoms with Gasteiger partial charge in [0.15, 0.2) is 0 Å². The summed E-state index contributed by atoms with van der Waals surface area (Å²) in [5.41, 5.74) is 2.16. The van der Waals surface area contributed by atoms with Crippen LogP contribution >= 0.6 is 11.6 Å². The lowest BCUT2D eigenvalue weighted by atomic mass is 9.94. The molecule has 0 amide bonds. The molecule has 1 aliphatic heterocycles. The van der Waals surface area contributed by atoms with Crippen molar-refractivity contribution in [2.75, 3.05) is 20.1 Å². The molecule has 3 rings (SSSR count). The second kappa shape index (κ2) is 4.31. The zero-order valence-electron chi connectivity index (χ0n) is 9.93. The molecule has 17 heavy (non-hydrogen) atoms. The molecule has 2 aromatic rings. The maximum atomic E-state index is 5.97. The Morgan fingerprint density at radius 1 is 1.35 bits per heavy atom. The smallest absolute Gasteiger partial charge is 0.138 e. The number of piperidine rings is 1. The highest BCUT2D eigenvalue weighted by molar-refractivity contribution is 6.30. The van der Waals surface area contributed by atoms with Crippen molar-refractivity contribution in [3.63, 3.8) is 0 Å². The van der Waals surface area contributed by atoms with Gasteiger partial charge in [-0.25, -0.2) is 4.98 Å². The van der Waals surface area contributed by atoms with E-state index in [-0.39, 0.29) is 0 Å². The van der Waals surface area contributed by atoms with E-state index in [0.717, 1.165) is 10.7 Å². The van der Waals surface area contributed by atoms with Crippen molar-refractivity contribution in [2.45, 2.75) is 18.8 Å². The van der Waals surface area contributed by atoms with Gasteiger partial charge in [0.05, 0.1) is 5.69 Å². The highest BCUT2D eigenvalue weighted by Gasteiger charge is 2.20. The van der Waals surface area contributed by atoms with Gasteiger partial charge in [-0.1, -0.05) is 11.6 Å². The third-order valence-electron chi connectivity index (χ3n) is 3.58. The van der Waals surface area contributed by atoms with E-state index >= 15 is 0 Å². The Morgan fingerprint density at radius 2 is 2.12 bits per heavy atom. The number of hydrogen-bond acceptors (Lipinski definition) is 2. The van der Waals surface area contributed by atoms with Crippen molar-refractivity contribution in [3.05, 3.63) is 35.2 Å². The minimum absolute atomic E-state index is 0.602. The zero-order chi connectivity index (χ0) is 11.8. The molecular weight excluding hydrogens is 234 g/mol. The maximum Gasteiger partial charge on any atom is 0.138 e. The Balaban J connectivity index is 1.90. The zero-order valence-corrected chi connectivity index (χ0v) is 10.7. The molecule has 1 aliphatic rings. The number of aromatic nitrogens is 2. The van der Waals surface area contributed by atoms with Gasteiger partial charge in [-0.05, 0) is 45.1 Å². The van der Waals surface area contributed by atoms with Crippen molar-refractivity contribution in [1.29, 1.82) is 0 Å². The van der Waals surface area contributed by atoms with Crippen molar-refractivity contribution >= 4 is 17.2 Å². The van der Waals surface area contributed by atoms with Gasteiger partial charge in [-0.3, -0.25) is 0 Å². The molecule has 0 aromatic carbocycles. The van der Waals surface area contributed by atoms with Crippen LogP contribution in [0, 0.1) is 0 Å². The predicted octanol–water partition coefficient (Wildman–Crippen LogP) is 2.80. The number of fused-ring (bicyclic) bond motifs is 1. The molecule has 90 valence electrons. The van der Waals surface area contributed by atoms with Crippen molar-refractivity contribution in [3.8, 4) is 0 Å². The number of nitrogens with zero attached hydrogens (tertiary/aromatic N) is 3. The Kier molecular flexibility index (Phi) is 2.81. The summed E-state index contributed by atoms with van der Waals surface area (Å²) in [5, 5.41) is 0.748. The number of imidazole rings is 1. The van der Waals surface area contributed by atoms with E-state index in [2.05, 4.69) is 27.5 Å². The summed E-state index contributed by atoms with van der Waals surface area (Å²) in [5.74, 6) is 0.602. The van der Waals surface area contributed by atoms with Crippen LogP contribution < -0.4 is 0 Å². The number of hydrogen-bond donors (Lipinski definition) is 0. The third kappa shape index (κ3) is 2.17. The molecule has 3 heterocycles. The highest BCUT2D eigenvalue weighted by atomic mass is 35.5. The first kappa shape index (κ1) is 11.1. The van der Waals surface area contributed by atoms with E-state index in [1.54, 1.807) is 0 Å². The summed E-state index contributed by atoms with van der Waals surface area (Å²) < 4.78 is 2.06. The molecule has 0 spiro atoms. The number of halogens is 1. The molecule has 1 saturated heterocycles. The van der Waals surface area contributed by atoms with Gasteiger partial charge in [0, 0.05) is 23.3 Å². The Hall–Kier alpha value is -1.06. The first-order valence-electron chi connectivity index (χ1n) is 6.05. The van der Waals surface area contributed by atoms with Crippen molar-refractivity contribution < 1.29 is 0 Å². The van der Waals surface area contributed by atoms with Gasteiger partial charge in [-0.2, -0.15) is 0 Å². The molecule has 0 atom stereocenters. The Bertz CT molecular complexity index is 526. The fourth-order valence-corrected chi connectivity index (χ4v) is 2.63. The summed E-state index contributed by atoms with van der Waals surface area (Å²) in [6, 6.07) is 3.81. The van der Waals surface area contributed by atoms with Gasteiger partial charge < -0.3 is 9.30 Å². The van der Waals surface area contributed by atoms with Gasteiger partial charge >= 0.3 is 0 Å². The van der Waals surface area contributed by atoms with Crippen LogP contribution in [0.1, 0.15) is 24.5 Å². The lowest BCUT2D eigenvalue weighted by Gasteiger charge is -2.27. The van der Waals surface area contributed by atoms with Gasteiger partial charge in [0.25, 0.3) is 0 Å². The Labute approximate surface area is 106 Å². The fraction of sp³-hybridized carbons (Fsp3) is 0.462. The van der Waals surface area contributed by atoms with Gasteiger partial charge in [0.2, 0.25) is 0 Å². The van der Waals surface area contributed by atoms with E-state index in [4.69, 9.17) is 11.6 Å². The second-order valence-electron chi connectivity index (χ2n) is 4.85. The van der Waals surface area contributed by atoms with Crippen LogP contribution in [0.5, 0.6) is 0 Å². The lowest BCUT2D eigenvalue weighted by molar-refractivity contribution is 0.253. The largest absolute Gasteiger partial charge is 0.307 e. The second-order valence-corrected chi connectivity index (χ2v) is 5.29. The van der Waals surface area contributed by atoms with Gasteiger partial charge in [0.1, 0.15) is 5.65 Å². The number of rotatable bonds is 1. The van der Waals surface area contributed by atoms with Gasteiger partial charge in [-0.15, -0.1) is 0 Å². The quantitative estimate of drug-likeness (QED) is 0.775. The monoisotopic (exact) mass is 249 g/mol. The standard InChI is InChI=1S/C13H16ClN3/c1-16-5-2-10(3-6-16)12-9-17-7-4-11(14)8-13(17)15-12/h4,7-10H,2-3,5-6H2,1H3.